The van der Waals surface area contributed by atoms with E-state index in [0.29, 0.717) is 5.56 Å². The van der Waals surface area contributed by atoms with Crippen LogP contribution in [0, 0.1) is 17.0 Å². The summed E-state index contributed by atoms with van der Waals surface area (Å²) in [5.74, 6) is -1.73. The van der Waals surface area contributed by atoms with Gasteiger partial charge in [-0.2, -0.15) is 0 Å². The molecule has 4 N–H and O–H groups in total. The molecule has 0 saturated heterocycles. The summed E-state index contributed by atoms with van der Waals surface area (Å²) in [6.45, 7) is 10.1. The van der Waals surface area contributed by atoms with E-state index >= 15 is 0 Å². The highest BCUT2D eigenvalue weighted by Gasteiger charge is 2.29. The molecule has 0 radical (unpaired) electrons. The molecule has 0 aliphatic heterocycles. The minimum Gasteiger partial charge on any atom is -0.390 e. The number of carbonyl (C=O) groups excluding carboxylic acids is 1. The van der Waals surface area contributed by atoms with E-state index in [1.165, 1.54) is 30.2 Å². The first-order valence-corrected chi connectivity index (χ1v) is 13.1. The van der Waals surface area contributed by atoms with Crippen molar-refractivity contribution in [1.29, 1.82) is 0 Å². The summed E-state index contributed by atoms with van der Waals surface area (Å²) in [5.41, 5.74) is 9.12. The highest BCUT2D eigenvalue weighted by Crippen LogP contribution is 2.37. The third-order valence-corrected chi connectivity index (χ3v) is 6.77. The Labute approximate surface area is 224 Å². The normalized spacial score (nSPS) is 18.4. The lowest BCUT2D eigenvalue weighted by Gasteiger charge is -2.33. The summed E-state index contributed by atoms with van der Waals surface area (Å²) < 4.78 is 27.5. The minimum absolute atomic E-state index is 0.0844. The lowest BCUT2D eigenvalue weighted by molar-refractivity contribution is -0.120. The average Bonchev–Trinajstić information content (AvgIpc) is 2.80. The summed E-state index contributed by atoms with van der Waals surface area (Å²) in [4.78, 5) is 17.1. The van der Waals surface area contributed by atoms with Gasteiger partial charge in [0.05, 0.1) is 25.3 Å². The molecule has 1 aliphatic rings. The molecule has 1 amide bonds. The van der Waals surface area contributed by atoms with Crippen LogP contribution in [0.25, 0.3) is 0 Å². The molecule has 0 bridgehead atoms. The van der Waals surface area contributed by atoms with Crippen molar-refractivity contribution < 1.29 is 23.5 Å². The Kier molecular flexibility index (Phi) is 10.0. The molecule has 0 fully saturated rings. The molecule has 2 aromatic carbocycles. The monoisotopic (exact) mass is 529 g/mol. The molecule has 0 saturated carbocycles. The Balaban J connectivity index is 1.88. The zero-order valence-corrected chi connectivity index (χ0v) is 23.3. The molecule has 0 spiro atoms. The number of amides is 1. The van der Waals surface area contributed by atoms with Crippen molar-refractivity contribution in [3.05, 3.63) is 81.6 Å². The van der Waals surface area contributed by atoms with Gasteiger partial charge in [-0.3, -0.25) is 15.1 Å². The molecule has 1 aliphatic carbocycles. The van der Waals surface area contributed by atoms with Crippen LogP contribution in [0.5, 0.6) is 0 Å². The molecule has 3 atom stereocenters. The molecule has 3 rings (SSSR count). The smallest absolute Gasteiger partial charge is 0.217 e. The molecule has 38 heavy (non-hydrogen) atoms. The van der Waals surface area contributed by atoms with Crippen molar-refractivity contribution in [2.24, 2.45) is 5.41 Å². The van der Waals surface area contributed by atoms with Crippen molar-refractivity contribution in [3.8, 4) is 0 Å². The second kappa shape index (κ2) is 12.8. The lowest BCUT2D eigenvalue weighted by Crippen LogP contribution is -2.49. The van der Waals surface area contributed by atoms with E-state index in [0.717, 1.165) is 42.2 Å². The topological polar surface area (TPSA) is 82.6 Å². The Bertz CT molecular complexity index is 1140. The fraction of sp³-hybridized carbons (Fsp3) is 0.500. The van der Waals surface area contributed by atoms with E-state index in [4.69, 9.17) is 4.84 Å². The molecule has 2 aromatic rings. The van der Waals surface area contributed by atoms with Gasteiger partial charge in [-0.1, -0.05) is 39.0 Å². The van der Waals surface area contributed by atoms with Crippen LogP contribution in [0.1, 0.15) is 69.3 Å². The van der Waals surface area contributed by atoms with Crippen LogP contribution in [0.3, 0.4) is 0 Å². The van der Waals surface area contributed by atoms with Crippen molar-refractivity contribution in [2.75, 3.05) is 13.7 Å². The summed E-state index contributed by atoms with van der Waals surface area (Å²) in [6, 6.07) is 8.94. The number of rotatable bonds is 10. The summed E-state index contributed by atoms with van der Waals surface area (Å²) in [7, 11) is 1.57. The Morgan fingerprint density at radius 1 is 1.08 bits per heavy atom. The highest BCUT2D eigenvalue weighted by molar-refractivity contribution is 5.73. The van der Waals surface area contributed by atoms with Crippen molar-refractivity contribution >= 4 is 5.91 Å². The molecule has 208 valence electrons. The zero-order chi connectivity index (χ0) is 28.0. The number of halogens is 2. The largest absolute Gasteiger partial charge is 0.390 e. The molecule has 3 unspecified atom stereocenters. The first kappa shape index (κ1) is 29.7. The van der Waals surface area contributed by atoms with Crippen LogP contribution in [0.15, 0.2) is 47.7 Å². The van der Waals surface area contributed by atoms with Gasteiger partial charge in [0.25, 0.3) is 0 Å². The van der Waals surface area contributed by atoms with Gasteiger partial charge in [-0.25, -0.2) is 8.78 Å². The number of hydroxylamine groups is 1. The van der Waals surface area contributed by atoms with E-state index in [-0.39, 0.29) is 30.3 Å². The molecule has 6 nitrogen and oxygen atoms in total. The number of benzene rings is 2. The van der Waals surface area contributed by atoms with Gasteiger partial charge in [0.2, 0.25) is 5.91 Å². The standard InChI is InChI=1S/C30H41F2N3O3/c1-18(35-38-6)25-10-9-22-8-7-20(16-30(3,4)5)13-26(22)29(25)33-17-28(37)27(34-19(2)36)14-21-11-23(31)15-24(32)12-21/h7-8,11-13,15,27-29,33,35,37H,9-10,14,16-17H2,1-6H3,(H,34,36). The molecule has 0 heterocycles. The summed E-state index contributed by atoms with van der Waals surface area (Å²) >= 11 is 0. The highest BCUT2D eigenvalue weighted by atomic mass is 19.1. The van der Waals surface area contributed by atoms with Crippen LogP contribution >= 0.6 is 0 Å². The van der Waals surface area contributed by atoms with Gasteiger partial charge in [0, 0.05) is 25.2 Å². The van der Waals surface area contributed by atoms with E-state index in [2.05, 4.69) is 55.1 Å². The third-order valence-electron chi connectivity index (χ3n) is 6.77. The Morgan fingerprint density at radius 3 is 2.37 bits per heavy atom. The van der Waals surface area contributed by atoms with Gasteiger partial charge in [-0.05, 0) is 78.0 Å². The van der Waals surface area contributed by atoms with Crippen molar-refractivity contribution in [1.82, 2.24) is 16.1 Å². The Morgan fingerprint density at radius 2 is 1.76 bits per heavy atom. The van der Waals surface area contributed by atoms with Gasteiger partial charge >= 0.3 is 0 Å². The molecule has 0 aromatic heterocycles. The number of nitrogens with one attached hydrogen (secondary N) is 3. The SMILES string of the molecule is CONC(C)=C1CCc2ccc(CC(C)(C)C)cc2C1NCC(O)C(Cc1cc(F)cc(F)c1)NC(C)=O. The van der Waals surface area contributed by atoms with Crippen LogP contribution in [-0.4, -0.2) is 36.8 Å². The van der Waals surface area contributed by atoms with Crippen LogP contribution in [0.4, 0.5) is 8.78 Å². The maximum atomic E-state index is 13.8. The van der Waals surface area contributed by atoms with Crippen LogP contribution < -0.4 is 16.1 Å². The van der Waals surface area contributed by atoms with E-state index in [1.54, 1.807) is 7.11 Å². The molecular weight excluding hydrogens is 488 g/mol. The average molecular weight is 530 g/mol. The summed E-state index contributed by atoms with van der Waals surface area (Å²) in [5, 5.41) is 17.4. The van der Waals surface area contributed by atoms with E-state index < -0.39 is 23.8 Å². The van der Waals surface area contributed by atoms with E-state index in [1.807, 2.05) is 6.92 Å². The number of aliphatic hydroxyl groups excluding tert-OH is 1. The van der Waals surface area contributed by atoms with Crippen molar-refractivity contribution in [3.63, 3.8) is 0 Å². The molecule has 8 heteroatoms. The Hall–Kier alpha value is -2.81. The van der Waals surface area contributed by atoms with Crippen LogP contribution in [-0.2, 0) is 28.9 Å². The molecular formula is C30H41F2N3O3. The predicted octanol–water partition coefficient (Wildman–Crippen LogP) is 4.66. The quantitative estimate of drug-likeness (QED) is 0.337. The predicted molar refractivity (Wildman–Crippen MR) is 145 cm³/mol. The fourth-order valence-electron chi connectivity index (χ4n) is 5.23. The van der Waals surface area contributed by atoms with Crippen molar-refractivity contribution in [2.45, 2.75) is 78.5 Å². The van der Waals surface area contributed by atoms with Crippen LogP contribution in [0.2, 0.25) is 0 Å². The number of fused-ring (bicyclic) bond motifs is 1. The maximum absolute atomic E-state index is 13.8. The van der Waals surface area contributed by atoms with Gasteiger partial charge in [-0.15, -0.1) is 0 Å². The third kappa shape index (κ3) is 8.35. The maximum Gasteiger partial charge on any atom is 0.217 e. The minimum atomic E-state index is -1.01. The number of allylic oxidation sites excluding steroid dienone is 1. The second-order valence-electron chi connectivity index (χ2n) is 11.4. The number of carbonyl (C=O) groups is 1. The van der Waals surface area contributed by atoms with Gasteiger partial charge in [0.1, 0.15) is 11.6 Å². The van der Waals surface area contributed by atoms with Gasteiger partial charge in [0.15, 0.2) is 0 Å². The second-order valence-corrected chi connectivity index (χ2v) is 11.4. The first-order valence-electron chi connectivity index (χ1n) is 13.1. The lowest BCUT2D eigenvalue weighted by atomic mass is 9.80. The summed E-state index contributed by atoms with van der Waals surface area (Å²) in [6.07, 6.45) is 1.72. The number of aliphatic hydroxyl groups is 1. The number of hydrogen-bond donors (Lipinski definition) is 4. The van der Waals surface area contributed by atoms with E-state index in [9.17, 15) is 18.7 Å². The van der Waals surface area contributed by atoms with Gasteiger partial charge < -0.3 is 15.7 Å². The number of hydrogen-bond acceptors (Lipinski definition) is 5. The number of aryl methyl sites for hydroxylation is 1. The zero-order valence-electron chi connectivity index (χ0n) is 23.3. The fourth-order valence-corrected chi connectivity index (χ4v) is 5.23. The first-order chi connectivity index (χ1) is 17.9.